The van der Waals surface area contributed by atoms with Gasteiger partial charge in [-0.3, -0.25) is 9.69 Å². The largest absolute Gasteiger partial charge is 0.480 e. The zero-order valence-electron chi connectivity index (χ0n) is 22.1. The molecule has 2 aromatic heterocycles. The van der Waals surface area contributed by atoms with Gasteiger partial charge in [-0.2, -0.15) is 0 Å². The van der Waals surface area contributed by atoms with E-state index in [1.165, 1.54) is 4.90 Å². The van der Waals surface area contributed by atoms with Crippen LogP contribution in [-0.4, -0.2) is 74.0 Å². The van der Waals surface area contributed by atoms with Gasteiger partial charge < -0.3 is 35.9 Å². The molecule has 40 heavy (non-hydrogen) atoms. The molecule has 0 radical (unpaired) electrons. The molecule has 5 N–H and O–H groups in total. The molecule has 1 aromatic carbocycles. The minimum atomic E-state index is -0.460. The summed E-state index contributed by atoms with van der Waals surface area (Å²) in [6.07, 6.45) is -0.0838. The predicted molar refractivity (Wildman–Crippen MR) is 149 cm³/mol. The number of hydrogen-bond acceptors (Lipinski definition) is 10. The van der Waals surface area contributed by atoms with Gasteiger partial charge in [-0.15, -0.1) is 0 Å². The number of ether oxygens (including phenoxy) is 3. The summed E-state index contributed by atoms with van der Waals surface area (Å²) in [5, 5.41) is 9.28. The van der Waals surface area contributed by atoms with Gasteiger partial charge in [0.2, 0.25) is 5.88 Å². The van der Waals surface area contributed by atoms with Crippen molar-refractivity contribution < 1.29 is 23.8 Å². The van der Waals surface area contributed by atoms with Gasteiger partial charge in [0.15, 0.2) is 18.2 Å². The fourth-order valence-corrected chi connectivity index (χ4v) is 4.41. The Morgan fingerprint density at radius 3 is 2.85 bits per heavy atom. The van der Waals surface area contributed by atoms with Crippen molar-refractivity contribution in [2.45, 2.75) is 19.1 Å². The van der Waals surface area contributed by atoms with Gasteiger partial charge in [0.1, 0.15) is 18.5 Å². The van der Waals surface area contributed by atoms with Crippen LogP contribution < -0.4 is 36.1 Å². The lowest BCUT2D eigenvalue weighted by atomic mass is 10.1. The van der Waals surface area contributed by atoms with E-state index in [0.29, 0.717) is 69.0 Å². The van der Waals surface area contributed by atoms with Crippen molar-refractivity contribution in [3.05, 3.63) is 60.2 Å². The van der Waals surface area contributed by atoms with Crippen LogP contribution in [0.15, 0.2) is 54.6 Å². The molecule has 0 spiro atoms. The van der Waals surface area contributed by atoms with Crippen LogP contribution in [0.25, 0.3) is 11.3 Å². The maximum absolute atomic E-state index is 12.5. The third-order valence-electron chi connectivity index (χ3n) is 6.38. The lowest BCUT2D eigenvalue weighted by molar-refractivity contribution is -0.118. The lowest BCUT2D eigenvalue weighted by Gasteiger charge is -2.19. The second kappa shape index (κ2) is 13.2. The van der Waals surface area contributed by atoms with E-state index in [-0.39, 0.29) is 18.6 Å². The van der Waals surface area contributed by atoms with Crippen molar-refractivity contribution in [1.82, 2.24) is 20.6 Å². The first-order chi connectivity index (χ1) is 19.6. The number of anilines is 2. The number of carbonyl (C=O) groups excluding carboxylic acids is 2. The van der Waals surface area contributed by atoms with Gasteiger partial charge in [-0.25, -0.2) is 14.8 Å². The average Bonchev–Trinajstić information content (AvgIpc) is 3.35. The Bertz CT molecular complexity index is 1340. The zero-order valence-corrected chi connectivity index (χ0v) is 22.1. The van der Waals surface area contributed by atoms with E-state index in [4.69, 9.17) is 19.9 Å². The van der Waals surface area contributed by atoms with Crippen molar-refractivity contribution in [1.29, 1.82) is 0 Å². The molecule has 12 heteroatoms. The molecular weight excluding hydrogens is 514 g/mol. The van der Waals surface area contributed by atoms with Gasteiger partial charge in [0.25, 0.3) is 5.91 Å². The highest BCUT2D eigenvalue weighted by Crippen LogP contribution is 2.30. The topological polar surface area (TPSA) is 153 Å². The molecule has 5 rings (SSSR count). The minimum absolute atomic E-state index is 0.0491. The average molecular weight is 548 g/mol. The fraction of sp³-hybridized carbons (Fsp3) is 0.357. The number of benzene rings is 1. The number of nitrogens with zero attached hydrogens (tertiary/aromatic N) is 3. The second-order valence-corrected chi connectivity index (χ2v) is 9.38. The van der Waals surface area contributed by atoms with E-state index in [9.17, 15) is 9.59 Å². The molecule has 1 fully saturated rings. The summed E-state index contributed by atoms with van der Waals surface area (Å²) in [5.74, 6) is 1.49. The van der Waals surface area contributed by atoms with Crippen molar-refractivity contribution in [3.63, 3.8) is 0 Å². The number of carbonyl (C=O) groups is 2. The summed E-state index contributed by atoms with van der Waals surface area (Å²) in [4.78, 5) is 34.5. The SMILES string of the molecule is NCCNCCOc1cccc(-c2cccc(CNCCC3CN(c4ccc5c(n4)NC(=O)CO5)C(=O)O3)c2)n1. The quantitative estimate of drug-likeness (QED) is 0.233. The molecule has 1 saturated heterocycles. The molecule has 3 aromatic rings. The zero-order chi connectivity index (χ0) is 27.7. The highest BCUT2D eigenvalue weighted by Gasteiger charge is 2.33. The second-order valence-electron chi connectivity index (χ2n) is 9.38. The van der Waals surface area contributed by atoms with Crippen LogP contribution in [0.3, 0.4) is 0 Å². The number of rotatable bonds is 13. The van der Waals surface area contributed by atoms with Crippen LogP contribution in [0.2, 0.25) is 0 Å². The molecule has 2 amide bonds. The van der Waals surface area contributed by atoms with Crippen molar-refractivity contribution >= 4 is 23.6 Å². The minimum Gasteiger partial charge on any atom is -0.480 e. The molecule has 2 aliphatic rings. The van der Waals surface area contributed by atoms with E-state index < -0.39 is 6.09 Å². The monoisotopic (exact) mass is 547 g/mol. The van der Waals surface area contributed by atoms with E-state index in [2.05, 4.69) is 38.1 Å². The predicted octanol–water partition coefficient (Wildman–Crippen LogP) is 1.91. The van der Waals surface area contributed by atoms with Crippen molar-refractivity contribution in [2.24, 2.45) is 5.73 Å². The maximum Gasteiger partial charge on any atom is 0.415 e. The van der Waals surface area contributed by atoms with E-state index in [1.807, 2.05) is 30.3 Å². The summed E-state index contributed by atoms with van der Waals surface area (Å²) in [6, 6.07) is 17.3. The summed E-state index contributed by atoms with van der Waals surface area (Å²) >= 11 is 0. The standard InChI is InChI=1S/C28H33N7O5/c29-10-12-30-13-14-38-26-6-2-5-22(32-26)20-4-1-3-19(15-20)16-31-11-9-21-17-35(28(37)40-21)24-8-7-23-27(33-24)34-25(36)18-39-23/h1-8,15,21,30-31H,9-14,16-18,29H2,(H,33,34,36). The molecule has 0 saturated carbocycles. The number of aromatic nitrogens is 2. The Kier molecular flexibility index (Phi) is 9.01. The van der Waals surface area contributed by atoms with Gasteiger partial charge >= 0.3 is 6.09 Å². The summed E-state index contributed by atoms with van der Waals surface area (Å²) < 4.78 is 16.6. The van der Waals surface area contributed by atoms with Crippen molar-refractivity contribution in [3.8, 4) is 22.9 Å². The molecule has 210 valence electrons. The highest BCUT2D eigenvalue weighted by atomic mass is 16.6. The number of fused-ring (bicyclic) bond motifs is 1. The number of pyridine rings is 2. The summed E-state index contributed by atoms with van der Waals surface area (Å²) in [7, 11) is 0. The number of amides is 2. The van der Waals surface area contributed by atoms with Gasteiger partial charge in [0.05, 0.1) is 12.2 Å². The van der Waals surface area contributed by atoms with Gasteiger partial charge in [0, 0.05) is 37.8 Å². The Morgan fingerprint density at radius 1 is 1.05 bits per heavy atom. The molecule has 4 heterocycles. The van der Waals surface area contributed by atoms with Gasteiger partial charge in [-0.1, -0.05) is 24.3 Å². The van der Waals surface area contributed by atoms with E-state index in [1.54, 1.807) is 12.1 Å². The summed E-state index contributed by atoms with van der Waals surface area (Å²) in [6.45, 7) is 4.24. The first kappa shape index (κ1) is 27.3. The molecule has 2 aliphatic heterocycles. The molecule has 12 nitrogen and oxygen atoms in total. The maximum atomic E-state index is 12.5. The molecule has 0 aliphatic carbocycles. The van der Waals surface area contributed by atoms with Crippen LogP contribution in [0, 0.1) is 0 Å². The van der Waals surface area contributed by atoms with Crippen LogP contribution >= 0.6 is 0 Å². The molecule has 1 unspecified atom stereocenters. The van der Waals surface area contributed by atoms with E-state index in [0.717, 1.165) is 23.4 Å². The summed E-state index contributed by atoms with van der Waals surface area (Å²) in [5.41, 5.74) is 8.44. The Labute approximate surface area is 232 Å². The third-order valence-corrected chi connectivity index (χ3v) is 6.38. The van der Waals surface area contributed by atoms with Crippen LogP contribution in [0.1, 0.15) is 12.0 Å². The Morgan fingerprint density at radius 2 is 1.95 bits per heavy atom. The lowest BCUT2D eigenvalue weighted by Crippen LogP contribution is -2.29. The van der Waals surface area contributed by atoms with E-state index >= 15 is 0 Å². The Balaban J connectivity index is 1.09. The van der Waals surface area contributed by atoms with Crippen LogP contribution in [0.5, 0.6) is 11.6 Å². The first-order valence-electron chi connectivity index (χ1n) is 13.3. The number of nitrogens with two attached hydrogens (primary N) is 1. The fourth-order valence-electron chi connectivity index (χ4n) is 4.41. The Hall–Kier alpha value is -4.26. The first-order valence-corrected chi connectivity index (χ1v) is 13.3. The van der Waals surface area contributed by atoms with Crippen LogP contribution in [0.4, 0.5) is 16.4 Å². The third kappa shape index (κ3) is 7.03. The van der Waals surface area contributed by atoms with Gasteiger partial charge in [-0.05, 0) is 42.8 Å². The smallest absolute Gasteiger partial charge is 0.415 e. The van der Waals surface area contributed by atoms with Crippen molar-refractivity contribution in [2.75, 3.05) is 56.2 Å². The molecular formula is C28H33N7O5. The number of hydrogen-bond donors (Lipinski definition) is 4. The highest BCUT2D eigenvalue weighted by molar-refractivity contribution is 5.95. The number of cyclic esters (lactones) is 1. The normalized spacial score (nSPS) is 16.2. The van der Waals surface area contributed by atoms with Crippen LogP contribution in [-0.2, 0) is 16.1 Å². The number of nitrogens with one attached hydrogen (secondary N) is 3. The molecule has 0 bridgehead atoms. The molecule has 1 atom stereocenters.